The molecule has 12 nitrogen and oxygen atoms in total. The van der Waals surface area contributed by atoms with Gasteiger partial charge < -0.3 is 29.7 Å². The first-order valence-electron chi connectivity index (χ1n) is 13.4. The summed E-state index contributed by atoms with van der Waals surface area (Å²) in [4.78, 5) is 32.2. The van der Waals surface area contributed by atoms with Crippen LogP contribution in [0.25, 0.3) is 11.3 Å². The van der Waals surface area contributed by atoms with Crippen LogP contribution in [0.4, 0.5) is 16.4 Å². The van der Waals surface area contributed by atoms with Crippen molar-refractivity contribution < 1.29 is 23.8 Å². The molecule has 2 aromatic heterocycles. The predicted octanol–water partition coefficient (Wildman–Crippen LogP) is 2.46. The summed E-state index contributed by atoms with van der Waals surface area (Å²) in [6.07, 6.45) is 2.77. The van der Waals surface area contributed by atoms with Crippen molar-refractivity contribution >= 4 is 23.6 Å². The molecule has 1 aromatic carbocycles. The minimum atomic E-state index is -0.458. The summed E-state index contributed by atoms with van der Waals surface area (Å²) >= 11 is 0. The van der Waals surface area contributed by atoms with E-state index in [1.54, 1.807) is 18.3 Å². The third-order valence-corrected chi connectivity index (χ3v) is 7.09. The van der Waals surface area contributed by atoms with E-state index < -0.39 is 6.09 Å². The molecule has 208 valence electrons. The molecule has 0 bridgehead atoms. The van der Waals surface area contributed by atoms with E-state index in [4.69, 9.17) is 14.2 Å². The van der Waals surface area contributed by atoms with Gasteiger partial charge in [0.25, 0.3) is 5.91 Å². The van der Waals surface area contributed by atoms with E-state index in [0.717, 1.165) is 42.1 Å². The zero-order valence-corrected chi connectivity index (χ0v) is 22.2. The van der Waals surface area contributed by atoms with Crippen LogP contribution in [0.3, 0.4) is 0 Å². The largest absolute Gasteiger partial charge is 0.487 e. The number of likely N-dealkylation sites (N-methyl/N-ethyl adjacent to an activating group) is 1. The predicted molar refractivity (Wildman–Crippen MR) is 146 cm³/mol. The molecular formula is C28H31N7O5. The van der Waals surface area contributed by atoms with Crippen molar-refractivity contribution in [3.05, 3.63) is 54.2 Å². The van der Waals surface area contributed by atoms with Gasteiger partial charge in [-0.1, -0.05) is 18.2 Å². The number of aromatic nitrogens is 3. The molecule has 40 heavy (non-hydrogen) atoms. The topological polar surface area (TPSA) is 131 Å². The van der Waals surface area contributed by atoms with Gasteiger partial charge in [-0.15, -0.1) is 0 Å². The average Bonchev–Trinajstić information content (AvgIpc) is 3.55. The standard InChI is InChI=1S/C28H31N7O5/c1-34-10-8-21(15-34)39-22-12-23(33-30-14-22)19-4-2-3-18(11-19)13-29-9-7-20-16-35(28(37)40-20)25-6-5-24-27(31-25)32-26(36)17-38-24/h2-6,11-12,14,20-21,29H,7-10,13,15-17H2,1H3,(H,31,32,36)/t20-,21-/m0/s1. The molecule has 2 saturated heterocycles. The van der Waals surface area contributed by atoms with Gasteiger partial charge in [0.2, 0.25) is 0 Å². The van der Waals surface area contributed by atoms with Gasteiger partial charge in [0, 0.05) is 31.3 Å². The van der Waals surface area contributed by atoms with Crippen LogP contribution in [0.1, 0.15) is 18.4 Å². The third-order valence-electron chi connectivity index (χ3n) is 7.09. The molecule has 2 fully saturated rings. The van der Waals surface area contributed by atoms with E-state index in [1.165, 1.54) is 4.90 Å². The Labute approximate surface area is 231 Å². The maximum absolute atomic E-state index is 12.5. The number of anilines is 2. The minimum absolute atomic E-state index is 0.0477. The molecule has 2 atom stereocenters. The van der Waals surface area contributed by atoms with Crippen molar-refractivity contribution in [1.29, 1.82) is 0 Å². The lowest BCUT2D eigenvalue weighted by Gasteiger charge is -2.19. The Bertz CT molecular complexity index is 1400. The Balaban J connectivity index is 0.997. The van der Waals surface area contributed by atoms with E-state index in [0.29, 0.717) is 43.4 Å². The zero-order valence-electron chi connectivity index (χ0n) is 22.2. The van der Waals surface area contributed by atoms with Crippen LogP contribution in [0.15, 0.2) is 48.7 Å². The number of carbonyl (C=O) groups is 2. The van der Waals surface area contributed by atoms with Crippen molar-refractivity contribution in [1.82, 2.24) is 25.4 Å². The lowest BCUT2D eigenvalue weighted by molar-refractivity contribution is -0.118. The van der Waals surface area contributed by atoms with E-state index >= 15 is 0 Å². The molecule has 3 aliphatic rings. The Hall–Kier alpha value is -4.29. The Morgan fingerprint density at radius 2 is 2.10 bits per heavy atom. The van der Waals surface area contributed by atoms with Crippen LogP contribution in [0.5, 0.6) is 11.5 Å². The first-order valence-corrected chi connectivity index (χ1v) is 13.4. The van der Waals surface area contributed by atoms with E-state index in [-0.39, 0.29) is 24.7 Å². The first kappa shape index (κ1) is 26.0. The fourth-order valence-corrected chi connectivity index (χ4v) is 5.04. The first-order chi connectivity index (χ1) is 19.5. The highest BCUT2D eigenvalue weighted by Crippen LogP contribution is 2.30. The van der Waals surface area contributed by atoms with Crippen LogP contribution < -0.4 is 25.0 Å². The number of fused-ring (bicyclic) bond motifs is 1. The molecular weight excluding hydrogens is 514 g/mol. The van der Waals surface area contributed by atoms with Crippen LogP contribution in [0.2, 0.25) is 0 Å². The van der Waals surface area contributed by atoms with Gasteiger partial charge in [-0.25, -0.2) is 9.78 Å². The van der Waals surface area contributed by atoms with E-state index in [9.17, 15) is 9.59 Å². The second kappa shape index (κ2) is 11.4. The van der Waals surface area contributed by atoms with Gasteiger partial charge >= 0.3 is 6.09 Å². The number of amides is 2. The Morgan fingerprint density at radius 3 is 2.98 bits per heavy atom. The number of benzene rings is 1. The molecule has 2 amide bonds. The molecule has 0 saturated carbocycles. The third kappa shape index (κ3) is 5.97. The average molecular weight is 546 g/mol. The lowest BCUT2D eigenvalue weighted by atomic mass is 10.1. The van der Waals surface area contributed by atoms with Crippen molar-refractivity contribution in [3.63, 3.8) is 0 Å². The van der Waals surface area contributed by atoms with Gasteiger partial charge in [-0.2, -0.15) is 10.2 Å². The highest BCUT2D eigenvalue weighted by Gasteiger charge is 2.33. The van der Waals surface area contributed by atoms with Crippen molar-refractivity contribution in [2.24, 2.45) is 0 Å². The fourth-order valence-electron chi connectivity index (χ4n) is 5.04. The molecule has 0 aliphatic carbocycles. The zero-order chi connectivity index (χ0) is 27.5. The molecule has 3 aromatic rings. The number of nitrogens with one attached hydrogen (secondary N) is 2. The van der Waals surface area contributed by atoms with Crippen LogP contribution in [-0.4, -0.2) is 84.1 Å². The van der Waals surface area contributed by atoms with Gasteiger partial charge in [0.15, 0.2) is 18.2 Å². The SMILES string of the molecule is CN1CC[C@H](Oc2cnnc(-c3cccc(CNCC[C@H]4CN(c5ccc6c(n5)NC(=O)CO6)C(=O)O4)c3)c2)C1. The maximum Gasteiger partial charge on any atom is 0.415 e. The molecule has 0 unspecified atom stereocenters. The van der Waals surface area contributed by atoms with Crippen LogP contribution in [-0.2, 0) is 16.1 Å². The number of hydrogen-bond donors (Lipinski definition) is 2. The monoisotopic (exact) mass is 545 g/mol. The van der Waals surface area contributed by atoms with Gasteiger partial charge in [-0.05, 0) is 50.2 Å². The van der Waals surface area contributed by atoms with Crippen LogP contribution >= 0.6 is 0 Å². The van der Waals surface area contributed by atoms with Crippen molar-refractivity contribution in [2.75, 3.05) is 50.1 Å². The number of pyridine rings is 1. The summed E-state index contributed by atoms with van der Waals surface area (Å²) in [5.41, 5.74) is 2.85. The number of hydrogen-bond acceptors (Lipinski definition) is 10. The maximum atomic E-state index is 12.5. The van der Waals surface area contributed by atoms with Crippen molar-refractivity contribution in [2.45, 2.75) is 31.6 Å². The summed E-state index contributed by atoms with van der Waals surface area (Å²) in [6.45, 7) is 3.60. The number of cyclic esters (lactones) is 1. The Morgan fingerprint density at radius 1 is 1.18 bits per heavy atom. The molecule has 12 heteroatoms. The number of nitrogens with zero attached hydrogens (tertiary/aromatic N) is 5. The molecule has 5 heterocycles. The number of carbonyl (C=O) groups excluding carboxylic acids is 2. The number of rotatable bonds is 9. The van der Waals surface area contributed by atoms with Gasteiger partial charge in [-0.3, -0.25) is 9.69 Å². The molecule has 3 aliphatic heterocycles. The molecule has 6 rings (SSSR count). The summed E-state index contributed by atoms with van der Waals surface area (Å²) in [5.74, 6) is 1.65. The van der Waals surface area contributed by atoms with E-state index in [2.05, 4.69) is 49.9 Å². The minimum Gasteiger partial charge on any atom is -0.487 e. The quantitative estimate of drug-likeness (QED) is 0.387. The smallest absolute Gasteiger partial charge is 0.415 e. The number of likely N-dealkylation sites (tertiary alicyclic amines) is 1. The summed E-state index contributed by atoms with van der Waals surface area (Å²) < 4.78 is 17.0. The highest BCUT2D eigenvalue weighted by molar-refractivity contribution is 5.95. The fraction of sp³-hybridized carbons (Fsp3) is 0.393. The Kier molecular flexibility index (Phi) is 7.43. The second-order valence-electron chi connectivity index (χ2n) is 10.2. The molecule has 0 spiro atoms. The summed E-state index contributed by atoms with van der Waals surface area (Å²) in [7, 11) is 2.10. The normalized spacial score (nSPS) is 20.6. The second-order valence-corrected chi connectivity index (χ2v) is 10.2. The number of ether oxygens (including phenoxy) is 3. The highest BCUT2D eigenvalue weighted by atomic mass is 16.6. The lowest BCUT2D eigenvalue weighted by Crippen LogP contribution is -2.29. The van der Waals surface area contributed by atoms with Crippen LogP contribution in [0, 0.1) is 0 Å². The molecule has 2 N–H and O–H groups in total. The van der Waals surface area contributed by atoms with Gasteiger partial charge in [0.1, 0.15) is 23.8 Å². The van der Waals surface area contributed by atoms with E-state index in [1.807, 2.05) is 18.2 Å². The summed E-state index contributed by atoms with van der Waals surface area (Å²) in [6, 6.07) is 13.5. The molecule has 0 radical (unpaired) electrons. The summed E-state index contributed by atoms with van der Waals surface area (Å²) in [5, 5.41) is 14.6. The van der Waals surface area contributed by atoms with Gasteiger partial charge in [0.05, 0.1) is 18.4 Å². The van der Waals surface area contributed by atoms with Crippen molar-refractivity contribution in [3.8, 4) is 22.8 Å².